The Kier molecular flexibility index (Phi) is 7.77. The van der Waals surface area contributed by atoms with Crippen LogP contribution in [0.2, 0.25) is 0 Å². The molecule has 0 aliphatic carbocycles. The first kappa shape index (κ1) is 12.9. The van der Waals surface area contributed by atoms with Crippen LogP contribution in [-0.2, 0) is 4.84 Å². The third kappa shape index (κ3) is 6.81. The number of hydrogen-bond donors (Lipinski definition) is 3. The molecule has 0 atom stereocenters. The van der Waals surface area contributed by atoms with Crippen LogP contribution in [0.3, 0.4) is 0 Å². The van der Waals surface area contributed by atoms with Gasteiger partial charge in [-0.3, -0.25) is 4.84 Å². The summed E-state index contributed by atoms with van der Waals surface area (Å²) in [6, 6.07) is 0. The Morgan fingerprint density at radius 1 is 0.867 bits per heavy atom. The fourth-order valence-electron chi connectivity index (χ4n) is 1.56. The first-order chi connectivity index (χ1) is 7.43. The summed E-state index contributed by atoms with van der Waals surface area (Å²) in [5.74, 6) is 0. The summed E-state index contributed by atoms with van der Waals surface area (Å²) in [4.78, 5) is 5.28. The van der Waals surface area contributed by atoms with Crippen LogP contribution < -0.4 is 16.0 Å². The van der Waals surface area contributed by atoms with Crippen molar-refractivity contribution >= 4 is 0 Å². The lowest BCUT2D eigenvalue weighted by molar-refractivity contribution is -0.159. The van der Waals surface area contributed by atoms with Crippen LogP contribution in [0.5, 0.6) is 0 Å². The highest BCUT2D eigenvalue weighted by atomic mass is 16.7. The molecule has 0 bridgehead atoms. The molecule has 0 amide bonds. The SMILES string of the molecule is C1CNCCN1.CCON1CCNCC1. The topological polar surface area (TPSA) is 48.6 Å². The van der Waals surface area contributed by atoms with Gasteiger partial charge in [0.2, 0.25) is 0 Å². The van der Waals surface area contributed by atoms with E-state index in [-0.39, 0.29) is 0 Å². The van der Waals surface area contributed by atoms with Crippen molar-refractivity contribution < 1.29 is 4.84 Å². The van der Waals surface area contributed by atoms with E-state index < -0.39 is 0 Å². The summed E-state index contributed by atoms with van der Waals surface area (Å²) >= 11 is 0. The maximum absolute atomic E-state index is 5.28. The first-order valence-electron chi connectivity index (χ1n) is 5.93. The van der Waals surface area contributed by atoms with E-state index in [1.807, 2.05) is 12.0 Å². The van der Waals surface area contributed by atoms with Gasteiger partial charge in [0.05, 0.1) is 6.61 Å². The molecule has 3 N–H and O–H groups in total. The predicted octanol–water partition coefficient (Wildman–Crippen LogP) is -0.978. The maximum atomic E-state index is 5.28. The van der Waals surface area contributed by atoms with E-state index in [9.17, 15) is 0 Å². The third-order valence-electron chi connectivity index (χ3n) is 2.34. The molecule has 15 heavy (non-hydrogen) atoms. The number of piperazine rings is 2. The fraction of sp³-hybridized carbons (Fsp3) is 1.00. The molecule has 0 unspecified atom stereocenters. The van der Waals surface area contributed by atoms with Crippen molar-refractivity contribution in [2.75, 3.05) is 59.0 Å². The van der Waals surface area contributed by atoms with Gasteiger partial charge in [-0.25, -0.2) is 0 Å². The van der Waals surface area contributed by atoms with Crippen molar-refractivity contribution in [3.63, 3.8) is 0 Å². The van der Waals surface area contributed by atoms with Crippen molar-refractivity contribution in [1.29, 1.82) is 0 Å². The molecule has 0 aromatic carbocycles. The second kappa shape index (κ2) is 9.06. The first-order valence-corrected chi connectivity index (χ1v) is 5.93. The van der Waals surface area contributed by atoms with Crippen molar-refractivity contribution in [2.24, 2.45) is 0 Å². The molecule has 2 saturated heterocycles. The molecule has 90 valence electrons. The molecule has 0 aromatic heterocycles. The van der Waals surface area contributed by atoms with Gasteiger partial charge in [0.25, 0.3) is 0 Å². The lowest BCUT2D eigenvalue weighted by atomic mass is 10.4. The Morgan fingerprint density at radius 2 is 1.33 bits per heavy atom. The van der Waals surface area contributed by atoms with Crippen LogP contribution in [-0.4, -0.2) is 64.0 Å². The van der Waals surface area contributed by atoms with E-state index in [1.165, 1.54) is 0 Å². The zero-order valence-electron chi connectivity index (χ0n) is 9.72. The van der Waals surface area contributed by atoms with Crippen molar-refractivity contribution in [3.8, 4) is 0 Å². The molecular formula is C10H24N4O. The molecule has 2 aliphatic rings. The van der Waals surface area contributed by atoms with Crippen LogP contribution in [0, 0.1) is 0 Å². The molecule has 0 saturated carbocycles. The molecule has 2 rings (SSSR count). The van der Waals surface area contributed by atoms with E-state index in [0.29, 0.717) is 0 Å². The zero-order valence-corrected chi connectivity index (χ0v) is 9.72. The maximum Gasteiger partial charge on any atom is 0.0656 e. The lowest BCUT2D eigenvalue weighted by Gasteiger charge is -2.25. The van der Waals surface area contributed by atoms with E-state index in [4.69, 9.17) is 4.84 Å². The zero-order chi connectivity index (χ0) is 10.8. The summed E-state index contributed by atoms with van der Waals surface area (Å²) in [7, 11) is 0. The van der Waals surface area contributed by atoms with Gasteiger partial charge in [-0.2, -0.15) is 5.06 Å². The monoisotopic (exact) mass is 216 g/mol. The van der Waals surface area contributed by atoms with Crippen LogP contribution >= 0.6 is 0 Å². The minimum atomic E-state index is 0.792. The van der Waals surface area contributed by atoms with E-state index >= 15 is 0 Å². The van der Waals surface area contributed by atoms with Gasteiger partial charge in [0.1, 0.15) is 0 Å². The number of rotatable bonds is 2. The quantitative estimate of drug-likeness (QED) is 0.554. The molecule has 2 fully saturated rings. The molecule has 0 aromatic rings. The Labute approximate surface area is 92.5 Å². The molecule has 5 nitrogen and oxygen atoms in total. The Balaban J connectivity index is 0.000000162. The highest BCUT2D eigenvalue weighted by molar-refractivity contribution is 4.60. The van der Waals surface area contributed by atoms with E-state index in [0.717, 1.165) is 59.0 Å². The van der Waals surface area contributed by atoms with Crippen molar-refractivity contribution in [1.82, 2.24) is 21.0 Å². The summed E-state index contributed by atoms with van der Waals surface area (Å²) in [6.07, 6.45) is 0. The average molecular weight is 216 g/mol. The number of hydroxylamine groups is 2. The standard InChI is InChI=1S/C6H14N2O.C4H10N2/c1-2-9-8-5-3-7-4-6-8;1-2-6-4-3-5-1/h7H,2-6H2,1H3;5-6H,1-4H2. The van der Waals surface area contributed by atoms with Gasteiger partial charge in [-0.1, -0.05) is 0 Å². The lowest BCUT2D eigenvalue weighted by Crippen LogP contribution is -2.43. The molecule has 5 heteroatoms. The van der Waals surface area contributed by atoms with Gasteiger partial charge >= 0.3 is 0 Å². The van der Waals surface area contributed by atoms with Crippen molar-refractivity contribution in [3.05, 3.63) is 0 Å². The minimum Gasteiger partial charge on any atom is -0.314 e. The molecular weight excluding hydrogens is 192 g/mol. The second-order valence-corrected chi connectivity index (χ2v) is 3.60. The van der Waals surface area contributed by atoms with Gasteiger partial charge in [0.15, 0.2) is 0 Å². The highest BCUT2D eigenvalue weighted by Gasteiger charge is 2.07. The number of hydrogen-bond acceptors (Lipinski definition) is 5. The summed E-state index contributed by atoms with van der Waals surface area (Å²) in [6.45, 7) is 11.5. The summed E-state index contributed by atoms with van der Waals surface area (Å²) in [5, 5.41) is 11.7. The van der Waals surface area contributed by atoms with Crippen LogP contribution in [0.25, 0.3) is 0 Å². The molecule has 2 aliphatic heterocycles. The number of nitrogens with one attached hydrogen (secondary N) is 3. The Bertz CT molecular complexity index is 121. The molecule has 0 radical (unpaired) electrons. The average Bonchev–Trinajstić information content (AvgIpc) is 2.34. The second-order valence-electron chi connectivity index (χ2n) is 3.60. The van der Waals surface area contributed by atoms with E-state index in [1.54, 1.807) is 0 Å². The third-order valence-corrected chi connectivity index (χ3v) is 2.34. The summed E-state index contributed by atoms with van der Waals surface area (Å²) in [5.41, 5.74) is 0. The van der Waals surface area contributed by atoms with Crippen LogP contribution in [0.1, 0.15) is 6.92 Å². The molecule has 0 spiro atoms. The predicted molar refractivity (Wildman–Crippen MR) is 61.8 cm³/mol. The van der Waals surface area contributed by atoms with Gasteiger partial charge in [0, 0.05) is 52.4 Å². The van der Waals surface area contributed by atoms with Gasteiger partial charge in [-0.15, -0.1) is 0 Å². The smallest absolute Gasteiger partial charge is 0.0656 e. The van der Waals surface area contributed by atoms with E-state index in [2.05, 4.69) is 16.0 Å². The largest absolute Gasteiger partial charge is 0.314 e. The van der Waals surface area contributed by atoms with Gasteiger partial charge in [-0.05, 0) is 6.92 Å². The Hall–Kier alpha value is -0.200. The number of nitrogens with zero attached hydrogens (tertiary/aromatic N) is 1. The van der Waals surface area contributed by atoms with Crippen LogP contribution in [0.4, 0.5) is 0 Å². The molecule has 2 heterocycles. The highest BCUT2D eigenvalue weighted by Crippen LogP contribution is 1.91. The van der Waals surface area contributed by atoms with Crippen LogP contribution in [0.15, 0.2) is 0 Å². The fourth-order valence-corrected chi connectivity index (χ4v) is 1.56. The van der Waals surface area contributed by atoms with Crippen molar-refractivity contribution in [2.45, 2.75) is 6.92 Å². The van der Waals surface area contributed by atoms with Gasteiger partial charge < -0.3 is 16.0 Å². The minimum absolute atomic E-state index is 0.792. The summed E-state index contributed by atoms with van der Waals surface area (Å²) < 4.78 is 0. The Morgan fingerprint density at radius 3 is 1.73 bits per heavy atom. The normalized spacial score (nSPS) is 23.0.